The van der Waals surface area contributed by atoms with Gasteiger partial charge in [-0.3, -0.25) is 25.2 Å². The molecule has 2 N–H and O–H groups in total. The number of hydrazine groups is 1. The number of fused-ring (bicyclic) bond motifs is 1. The molecule has 8 nitrogen and oxygen atoms in total. The summed E-state index contributed by atoms with van der Waals surface area (Å²) in [5.41, 5.74) is 5.18. The van der Waals surface area contributed by atoms with E-state index >= 15 is 0 Å². The third-order valence-corrected chi connectivity index (χ3v) is 4.45. The molecule has 8 heteroatoms. The number of nitrogens with zero attached hydrogens (tertiary/aromatic N) is 1. The van der Waals surface area contributed by atoms with Crippen molar-refractivity contribution in [2.45, 2.75) is 32.7 Å². The van der Waals surface area contributed by atoms with E-state index in [1.165, 1.54) is 0 Å². The van der Waals surface area contributed by atoms with Crippen molar-refractivity contribution in [3.8, 4) is 11.5 Å². The lowest BCUT2D eigenvalue weighted by molar-refractivity contribution is -0.139. The van der Waals surface area contributed by atoms with Crippen LogP contribution in [0.3, 0.4) is 0 Å². The molecular formula is C18H23N3O5. The maximum absolute atomic E-state index is 12.5. The highest BCUT2D eigenvalue weighted by molar-refractivity contribution is 5.97. The van der Waals surface area contributed by atoms with E-state index in [2.05, 4.69) is 10.9 Å². The zero-order valence-electron chi connectivity index (χ0n) is 14.9. The zero-order valence-corrected chi connectivity index (χ0v) is 14.9. The molecule has 1 unspecified atom stereocenters. The topological polar surface area (TPSA) is 97.0 Å². The standard InChI is InChI=1S/C18H23N3O5/c1-11(2)16(21-7-3-4-15(21)22)18(24)20-19-17(23)12-5-6-13-14(10-12)26-9-8-25-13/h5-6,10-11,16H,3-4,7-9H2,1-2H3,(H,19,23)(H,20,24). The van der Waals surface area contributed by atoms with Crippen LogP contribution in [0.15, 0.2) is 18.2 Å². The number of nitrogens with one attached hydrogen (secondary N) is 2. The summed E-state index contributed by atoms with van der Waals surface area (Å²) in [7, 11) is 0. The van der Waals surface area contributed by atoms with Crippen molar-refractivity contribution in [2.75, 3.05) is 19.8 Å². The maximum Gasteiger partial charge on any atom is 0.269 e. The van der Waals surface area contributed by atoms with E-state index in [1.807, 2.05) is 13.8 Å². The van der Waals surface area contributed by atoms with E-state index < -0.39 is 17.9 Å². The van der Waals surface area contributed by atoms with E-state index in [-0.39, 0.29) is 11.8 Å². The first-order chi connectivity index (χ1) is 12.5. The highest BCUT2D eigenvalue weighted by Gasteiger charge is 2.35. The summed E-state index contributed by atoms with van der Waals surface area (Å²) >= 11 is 0. The number of carbonyl (C=O) groups is 3. The Kier molecular flexibility index (Phi) is 5.29. The fourth-order valence-corrected chi connectivity index (χ4v) is 3.22. The Morgan fingerprint density at radius 3 is 2.50 bits per heavy atom. The molecule has 0 aromatic heterocycles. The van der Waals surface area contributed by atoms with Crippen molar-refractivity contribution < 1.29 is 23.9 Å². The first kappa shape index (κ1) is 18.0. The lowest BCUT2D eigenvalue weighted by Crippen LogP contribution is -2.54. The number of rotatable bonds is 4. The van der Waals surface area contributed by atoms with Crippen LogP contribution in [-0.2, 0) is 9.59 Å². The lowest BCUT2D eigenvalue weighted by Gasteiger charge is -2.29. The Bertz CT molecular complexity index is 719. The second-order valence-electron chi connectivity index (χ2n) is 6.68. The van der Waals surface area contributed by atoms with Gasteiger partial charge in [0.05, 0.1) is 0 Å². The van der Waals surface area contributed by atoms with Gasteiger partial charge in [-0.25, -0.2) is 0 Å². The maximum atomic E-state index is 12.5. The van der Waals surface area contributed by atoms with Gasteiger partial charge >= 0.3 is 0 Å². The SMILES string of the molecule is CC(C)C(C(=O)NNC(=O)c1ccc2c(c1)OCCO2)N1CCCC1=O. The monoisotopic (exact) mass is 361 g/mol. The number of ether oxygens (including phenoxy) is 2. The summed E-state index contributed by atoms with van der Waals surface area (Å²) in [5.74, 6) is 0.120. The smallest absolute Gasteiger partial charge is 0.269 e. The molecule has 2 heterocycles. The van der Waals surface area contributed by atoms with Crippen LogP contribution in [0, 0.1) is 5.92 Å². The number of benzene rings is 1. The van der Waals surface area contributed by atoms with Crippen molar-refractivity contribution in [3.05, 3.63) is 23.8 Å². The summed E-state index contributed by atoms with van der Waals surface area (Å²) < 4.78 is 10.9. The Balaban J connectivity index is 1.62. The Morgan fingerprint density at radius 1 is 1.12 bits per heavy atom. The summed E-state index contributed by atoms with van der Waals surface area (Å²) in [4.78, 5) is 38.4. The van der Waals surface area contributed by atoms with E-state index in [0.29, 0.717) is 43.2 Å². The van der Waals surface area contributed by atoms with Gasteiger partial charge in [-0.2, -0.15) is 0 Å². The van der Waals surface area contributed by atoms with Gasteiger partial charge in [0.2, 0.25) is 5.91 Å². The predicted molar refractivity (Wildman–Crippen MR) is 92.6 cm³/mol. The molecule has 0 spiro atoms. The minimum Gasteiger partial charge on any atom is -0.486 e. The molecule has 1 atom stereocenters. The van der Waals surface area contributed by atoms with Gasteiger partial charge in [0.1, 0.15) is 19.3 Å². The van der Waals surface area contributed by atoms with Gasteiger partial charge in [-0.05, 0) is 30.5 Å². The van der Waals surface area contributed by atoms with Crippen LogP contribution >= 0.6 is 0 Å². The van der Waals surface area contributed by atoms with E-state index in [0.717, 1.165) is 6.42 Å². The third kappa shape index (κ3) is 3.74. The quantitative estimate of drug-likeness (QED) is 0.776. The third-order valence-electron chi connectivity index (χ3n) is 4.45. The molecule has 0 radical (unpaired) electrons. The number of amides is 3. The van der Waals surface area contributed by atoms with Gasteiger partial charge in [0, 0.05) is 18.5 Å². The van der Waals surface area contributed by atoms with Crippen LogP contribution in [0.25, 0.3) is 0 Å². The molecule has 1 saturated heterocycles. The second kappa shape index (κ2) is 7.63. The first-order valence-electron chi connectivity index (χ1n) is 8.76. The molecule has 140 valence electrons. The Labute approximate surface area is 151 Å². The molecule has 26 heavy (non-hydrogen) atoms. The molecular weight excluding hydrogens is 338 g/mol. The molecule has 0 saturated carbocycles. The van der Waals surface area contributed by atoms with Gasteiger partial charge in [-0.1, -0.05) is 13.8 Å². The van der Waals surface area contributed by atoms with Crippen LogP contribution in [0.5, 0.6) is 11.5 Å². The van der Waals surface area contributed by atoms with Crippen molar-refractivity contribution in [1.82, 2.24) is 15.8 Å². The first-order valence-corrected chi connectivity index (χ1v) is 8.76. The van der Waals surface area contributed by atoms with E-state index in [9.17, 15) is 14.4 Å². The molecule has 0 aliphatic carbocycles. The van der Waals surface area contributed by atoms with Crippen molar-refractivity contribution in [1.29, 1.82) is 0 Å². The van der Waals surface area contributed by atoms with Gasteiger partial charge in [0.15, 0.2) is 11.5 Å². The lowest BCUT2D eigenvalue weighted by atomic mass is 10.0. The average molecular weight is 361 g/mol. The zero-order chi connectivity index (χ0) is 18.7. The number of hydrogen-bond donors (Lipinski definition) is 2. The molecule has 1 fully saturated rings. The molecule has 3 amide bonds. The molecule has 0 bridgehead atoms. The van der Waals surface area contributed by atoms with E-state index in [1.54, 1.807) is 23.1 Å². The fourth-order valence-electron chi connectivity index (χ4n) is 3.22. The molecule has 3 rings (SSSR count). The van der Waals surface area contributed by atoms with Gasteiger partial charge in [0.25, 0.3) is 11.8 Å². The van der Waals surface area contributed by atoms with Crippen molar-refractivity contribution >= 4 is 17.7 Å². The Hall–Kier alpha value is -2.77. The summed E-state index contributed by atoms with van der Waals surface area (Å²) in [5, 5.41) is 0. The molecule has 2 aliphatic rings. The fraction of sp³-hybridized carbons (Fsp3) is 0.500. The molecule has 1 aromatic rings. The summed E-state index contributed by atoms with van der Waals surface area (Å²) in [6.45, 7) is 5.21. The number of hydrogen-bond acceptors (Lipinski definition) is 5. The average Bonchev–Trinajstić information content (AvgIpc) is 3.04. The van der Waals surface area contributed by atoms with Crippen LogP contribution in [0.1, 0.15) is 37.0 Å². The highest BCUT2D eigenvalue weighted by atomic mass is 16.6. The minimum atomic E-state index is -0.606. The summed E-state index contributed by atoms with van der Waals surface area (Å²) in [6, 6.07) is 4.22. The van der Waals surface area contributed by atoms with E-state index in [4.69, 9.17) is 9.47 Å². The van der Waals surface area contributed by atoms with Crippen molar-refractivity contribution in [2.24, 2.45) is 5.92 Å². The Morgan fingerprint density at radius 2 is 1.85 bits per heavy atom. The predicted octanol–water partition coefficient (Wildman–Crippen LogP) is 0.866. The number of likely N-dealkylation sites (tertiary alicyclic amines) is 1. The van der Waals surface area contributed by atoms with Gasteiger partial charge < -0.3 is 14.4 Å². The normalized spacial score (nSPS) is 17.2. The molecule has 1 aromatic carbocycles. The van der Waals surface area contributed by atoms with Gasteiger partial charge in [-0.15, -0.1) is 0 Å². The van der Waals surface area contributed by atoms with Crippen LogP contribution in [0.2, 0.25) is 0 Å². The van der Waals surface area contributed by atoms with Crippen LogP contribution in [0.4, 0.5) is 0 Å². The largest absolute Gasteiger partial charge is 0.486 e. The molecule has 2 aliphatic heterocycles. The summed E-state index contributed by atoms with van der Waals surface area (Å²) in [6.07, 6.45) is 1.21. The second-order valence-corrected chi connectivity index (χ2v) is 6.68. The minimum absolute atomic E-state index is 0.0305. The van der Waals surface area contributed by atoms with Crippen LogP contribution < -0.4 is 20.3 Å². The van der Waals surface area contributed by atoms with Crippen LogP contribution in [-0.4, -0.2) is 48.4 Å². The van der Waals surface area contributed by atoms with Crippen molar-refractivity contribution in [3.63, 3.8) is 0 Å². The number of carbonyl (C=O) groups excluding carboxylic acids is 3. The highest BCUT2D eigenvalue weighted by Crippen LogP contribution is 2.30.